The van der Waals surface area contributed by atoms with Crippen molar-refractivity contribution in [3.05, 3.63) is 39.2 Å². The highest BCUT2D eigenvalue weighted by Crippen LogP contribution is 2.31. The van der Waals surface area contributed by atoms with Crippen LogP contribution in [0.1, 0.15) is 21.5 Å². The van der Waals surface area contributed by atoms with Crippen molar-refractivity contribution in [3.8, 4) is 5.75 Å². The molecule has 1 fully saturated rings. The molecule has 0 aliphatic carbocycles. The zero-order chi connectivity index (χ0) is 21.0. The topological polar surface area (TPSA) is 89.3 Å². The molecular weight excluding hydrogens is 376 g/mol. The Balaban J connectivity index is 1.99. The molecule has 1 aliphatic rings. The molecule has 0 bridgehead atoms. The molecule has 3 rings (SSSR count). The Labute approximate surface area is 169 Å². The van der Waals surface area contributed by atoms with E-state index in [1.807, 2.05) is 7.05 Å². The number of rotatable bonds is 7. The molecule has 2 aromatic rings. The second-order valence-corrected chi connectivity index (χ2v) is 7.17. The van der Waals surface area contributed by atoms with E-state index < -0.39 is 5.63 Å². The van der Waals surface area contributed by atoms with Gasteiger partial charge in [-0.2, -0.15) is 0 Å². The van der Waals surface area contributed by atoms with Gasteiger partial charge in [0, 0.05) is 33.3 Å². The summed E-state index contributed by atoms with van der Waals surface area (Å²) in [6, 6.07) is 3.22. The van der Waals surface area contributed by atoms with E-state index in [4.69, 9.17) is 13.9 Å². The normalized spacial score (nSPS) is 14.9. The van der Waals surface area contributed by atoms with Crippen LogP contribution in [0.3, 0.4) is 0 Å². The maximum absolute atomic E-state index is 12.8. The highest BCUT2D eigenvalue weighted by atomic mass is 16.5. The van der Waals surface area contributed by atoms with Gasteiger partial charge in [-0.05, 0) is 31.7 Å². The van der Waals surface area contributed by atoms with Gasteiger partial charge < -0.3 is 23.7 Å². The molecule has 2 heterocycles. The number of likely N-dealkylation sites (N-methyl/N-ethyl adjacent to an activating group) is 1. The van der Waals surface area contributed by atoms with Crippen LogP contribution < -0.4 is 10.4 Å². The lowest BCUT2D eigenvalue weighted by molar-refractivity contribution is -0.132. The fraction of sp³-hybridized carbons (Fsp3) is 0.476. The van der Waals surface area contributed by atoms with Crippen molar-refractivity contribution in [2.45, 2.75) is 13.3 Å². The fourth-order valence-corrected chi connectivity index (χ4v) is 3.48. The van der Waals surface area contributed by atoms with E-state index in [2.05, 4.69) is 4.90 Å². The first-order valence-electron chi connectivity index (χ1n) is 9.58. The summed E-state index contributed by atoms with van der Waals surface area (Å²) in [6.07, 6.45) is 0.593. The van der Waals surface area contributed by atoms with Gasteiger partial charge in [0.25, 0.3) is 0 Å². The van der Waals surface area contributed by atoms with Crippen molar-refractivity contribution < 1.29 is 23.5 Å². The Hall–Kier alpha value is -2.71. The number of nitrogens with zero attached hydrogens (tertiary/aromatic N) is 2. The second-order valence-electron chi connectivity index (χ2n) is 7.17. The predicted octanol–water partition coefficient (Wildman–Crippen LogP) is 1.26. The summed E-state index contributed by atoms with van der Waals surface area (Å²) in [4.78, 5) is 40.7. The SMILES string of the molecule is COCCOc1ccc(C=O)c2oc(=O)c(CC(=O)N3CCN(C)CC3)c(C)c12. The Bertz CT molecular complexity index is 960. The molecule has 1 aliphatic heterocycles. The van der Waals surface area contributed by atoms with Crippen LogP contribution in [0.4, 0.5) is 0 Å². The molecule has 1 saturated heterocycles. The lowest BCUT2D eigenvalue weighted by Crippen LogP contribution is -2.47. The minimum Gasteiger partial charge on any atom is -0.490 e. The molecule has 0 radical (unpaired) electrons. The summed E-state index contributed by atoms with van der Waals surface area (Å²) in [6.45, 7) is 5.32. The Kier molecular flexibility index (Phi) is 6.66. The van der Waals surface area contributed by atoms with Gasteiger partial charge in [0.2, 0.25) is 5.91 Å². The van der Waals surface area contributed by atoms with E-state index in [1.54, 1.807) is 31.1 Å². The first kappa shape index (κ1) is 21.0. The van der Waals surface area contributed by atoms with Gasteiger partial charge in [0.1, 0.15) is 12.4 Å². The first-order chi connectivity index (χ1) is 14.0. The average molecular weight is 402 g/mol. The van der Waals surface area contributed by atoms with Crippen molar-refractivity contribution in [2.24, 2.45) is 0 Å². The van der Waals surface area contributed by atoms with Gasteiger partial charge >= 0.3 is 5.63 Å². The van der Waals surface area contributed by atoms with Crippen LogP contribution in [-0.4, -0.2) is 75.5 Å². The minimum atomic E-state index is -0.602. The van der Waals surface area contributed by atoms with Crippen molar-refractivity contribution in [1.82, 2.24) is 9.80 Å². The molecule has 29 heavy (non-hydrogen) atoms. The second kappa shape index (κ2) is 9.19. The number of aldehydes is 1. The van der Waals surface area contributed by atoms with Gasteiger partial charge in [-0.1, -0.05) is 0 Å². The van der Waals surface area contributed by atoms with Gasteiger partial charge in [0.15, 0.2) is 11.9 Å². The van der Waals surface area contributed by atoms with Crippen molar-refractivity contribution in [1.29, 1.82) is 0 Å². The molecule has 8 nitrogen and oxygen atoms in total. The summed E-state index contributed by atoms with van der Waals surface area (Å²) in [5, 5.41) is 0.534. The number of hydrogen-bond acceptors (Lipinski definition) is 7. The molecular formula is C21H26N2O6. The maximum atomic E-state index is 12.8. The molecule has 0 unspecified atom stereocenters. The minimum absolute atomic E-state index is 0.0450. The zero-order valence-corrected chi connectivity index (χ0v) is 17.0. The summed E-state index contributed by atoms with van der Waals surface area (Å²) in [7, 11) is 3.59. The third-order valence-corrected chi connectivity index (χ3v) is 5.27. The summed E-state index contributed by atoms with van der Waals surface area (Å²) < 4.78 is 16.2. The number of aryl methyl sites for hydroxylation is 1. The lowest BCUT2D eigenvalue weighted by Gasteiger charge is -2.32. The monoisotopic (exact) mass is 402 g/mol. The third-order valence-electron chi connectivity index (χ3n) is 5.27. The third kappa shape index (κ3) is 4.49. The molecule has 0 spiro atoms. The smallest absolute Gasteiger partial charge is 0.340 e. The van der Waals surface area contributed by atoms with Crippen molar-refractivity contribution >= 4 is 23.2 Å². The number of methoxy groups -OCH3 is 1. The Morgan fingerprint density at radius 2 is 1.93 bits per heavy atom. The predicted molar refractivity (Wildman–Crippen MR) is 108 cm³/mol. The molecule has 8 heteroatoms. The highest BCUT2D eigenvalue weighted by Gasteiger charge is 2.24. The van der Waals surface area contributed by atoms with Crippen molar-refractivity contribution in [2.75, 3.05) is 53.6 Å². The highest BCUT2D eigenvalue weighted by molar-refractivity contribution is 5.99. The summed E-state index contributed by atoms with van der Waals surface area (Å²) in [5.41, 5.74) is 0.718. The molecule has 0 atom stereocenters. The van der Waals surface area contributed by atoms with Gasteiger partial charge in [0.05, 0.1) is 29.5 Å². The number of fused-ring (bicyclic) bond motifs is 1. The van der Waals surface area contributed by atoms with E-state index in [0.717, 1.165) is 13.1 Å². The van der Waals surface area contributed by atoms with Crippen molar-refractivity contribution in [3.63, 3.8) is 0 Å². The van der Waals surface area contributed by atoms with E-state index in [9.17, 15) is 14.4 Å². The number of benzene rings is 1. The molecule has 1 aromatic carbocycles. The standard InChI is InChI=1S/C21H26N2O6/c1-14-16(12-18(25)23-8-6-22(2)7-9-23)21(26)29-20-15(13-24)4-5-17(19(14)20)28-11-10-27-3/h4-5,13H,6-12H2,1-3H3. The molecule has 0 saturated carbocycles. The number of carbonyl (C=O) groups is 2. The zero-order valence-electron chi connectivity index (χ0n) is 17.0. The number of piperazine rings is 1. The van der Waals surface area contributed by atoms with Gasteiger partial charge in [-0.25, -0.2) is 4.79 Å². The largest absolute Gasteiger partial charge is 0.490 e. The van der Waals surface area contributed by atoms with E-state index >= 15 is 0 Å². The molecule has 1 aromatic heterocycles. The van der Waals surface area contributed by atoms with Crippen LogP contribution in [0.2, 0.25) is 0 Å². The van der Waals surface area contributed by atoms with Gasteiger partial charge in [-0.15, -0.1) is 0 Å². The van der Waals surface area contributed by atoms with Gasteiger partial charge in [-0.3, -0.25) is 9.59 Å². The number of carbonyl (C=O) groups excluding carboxylic acids is 2. The van der Waals surface area contributed by atoms with Crippen LogP contribution in [0.25, 0.3) is 11.0 Å². The molecule has 1 amide bonds. The fourth-order valence-electron chi connectivity index (χ4n) is 3.48. The average Bonchev–Trinajstić information content (AvgIpc) is 2.71. The molecule has 0 N–H and O–H groups in total. The Morgan fingerprint density at radius 1 is 1.21 bits per heavy atom. The summed E-state index contributed by atoms with van der Waals surface area (Å²) >= 11 is 0. The van der Waals surface area contributed by atoms with E-state index in [-0.39, 0.29) is 23.5 Å². The molecule has 156 valence electrons. The number of ether oxygens (including phenoxy) is 2. The van der Waals surface area contributed by atoms with E-state index in [0.29, 0.717) is 54.9 Å². The van der Waals surface area contributed by atoms with Crippen LogP contribution in [0.5, 0.6) is 5.75 Å². The summed E-state index contributed by atoms with van der Waals surface area (Å²) in [5.74, 6) is 0.374. The maximum Gasteiger partial charge on any atom is 0.340 e. The van der Waals surface area contributed by atoms with E-state index in [1.165, 1.54) is 0 Å². The first-order valence-corrected chi connectivity index (χ1v) is 9.58. The number of hydrogen-bond donors (Lipinski definition) is 0. The lowest BCUT2D eigenvalue weighted by atomic mass is 10.0. The van der Waals surface area contributed by atoms with Crippen LogP contribution in [-0.2, 0) is 16.0 Å². The van der Waals surface area contributed by atoms with Crippen LogP contribution in [0.15, 0.2) is 21.3 Å². The Morgan fingerprint density at radius 3 is 2.59 bits per heavy atom. The number of amides is 1. The van der Waals surface area contributed by atoms with Crippen LogP contribution >= 0.6 is 0 Å². The quantitative estimate of drug-likeness (QED) is 0.391. The van der Waals surface area contributed by atoms with Crippen LogP contribution in [0, 0.1) is 6.92 Å².